The molecule has 4 heteroatoms. The van der Waals surface area contributed by atoms with Crippen molar-refractivity contribution >= 4 is 11.6 Å². The van der Waals surface area contributed by atoms with Gasteiger partial charge in [0.05, 0.1) is 5.70 Å². The molecule has 1 amide bonds. The minimum atomic E-state index is -1.82. The second kappa shape index (κ2) is 9.02. The molecular weight excluding hydrogens is 348 g/mol. The maximum atomic E-state index is 13.2. The van der Waals surface area contributed by atoms with Crippen molar-refractivity contribution in [2.75, 3.05) is 0 Å². The Labute approximate surface area is 165 Å². The van der Waals surface area contributed by atoms with Gasteiger partial charge in [-0.25, -0.2) is 0 Å². The second-order valence-corrected chi connectivity index (χ2v) is 6.41. The molecule has 0 aliphatic heterocycles. The van der Waals surface area contributed by atoms with E-state index in [1.165, 1.54) is 0 Å². The Morgan fingerprint density at radius 2 is 1.29 bits per heavy atom. The summed E-state index contributed by atoms with van der Waals surface area (Å²) in [6, 6.07) is 27.6. The van der Waals surface area contributed by atoms with E-state index in [0.717, 1.165) is 17.7 Å². The molecule has 3 rings (SSSR count). The van der Waals surface area contributed by atoms with Crippen molar-refractivity contribution in [2.45, 2.75) is 18.9 Å². The lowest BCUT2D eigenvalue weighted by molar-refractivity contribution is -0.137. The molecule has 0 radical (unpaired) electrons. The van der Waals surface area contributed by atoms with Crippen LogP contribution in [-0.2, 0) is 10.4 Å². The molecule has 0 heterocycles. The van der Waals surface area contributed by atoms with E-state index < -0.39 is 11.5 Å². The molecule has 3 aromatic rings. The summed E-state index contributed by atoms with van der Waals surface area (Å²) in [6.07, 6.45) is 2.79. The van der Waals surface area contributed by atoms with Gasteiger partial charge in [0.1, 0.15) is 0 Å². The average Bonchev–Trinajstić information content (AvgIpc) is 2.77. The van der Waals surface area contributed by atoms with E-state index in [1.54, 1.807) is 48.5 Å². The number of hydrazine groups is 1. The third-order valence-corrected chi connectivity index (χ3v) is 4.52. The summed E-state index contributed by atoms with van der Waals surface area (Å²) in [6.45, 7) is 2.02. The van der Waals surface area contributed by atoms with Gasteiger partial charge < -0.3 is 5.11 Å². The number of carbonyl (C=O) groups is 1. The first kappa shape index (κ1) is 19.4. The highest BCUT2D eigenvalue weighted by atomic mass is 16.3. The van der Waals surface area contributed by atoms with Crippen molar-refractivity contribution < 1.29 is 9.90 Å². The number of aliphatic hydroxyl groups is 1. The molecule has 0 aliphatic carbocycles. The van der Waals surface area contributed by atoms with E-state index >= 15 is 0 Å². The smallest absolute Gasteiger partial charge is 0.279 e. The number of benzene rings is 3. The molecule has 0 bridgehead atoms. The maximum absolute atomic E-state index is 13.2. The van der Waals surface area contributed by atoms with Gasteiger partial charge in [-0.05, 0) is 23.1 Å². The Kier molecular flexibility index (Phi) is 6.25. The van der Waals surface area contributed by atoms with Crippen LogP contribution in [0.1, 0.15) is 30.0 Å². The van der Waals surface area contributed by atoms with Crippen LogP contribution in [0.2, 0.25) is 0 Å². The van der Waals surface area contributed by atoms with Gasteiger partial charge in [-0.2, -0.15) is 0 Å². The third-order valence-electron chi connectivity index (χ3n) is 4.52. The molecule has 0 fully saturated rings. The van der Waals surface area contributed by atoms with E-state index in [4.69, 9.17) is 0 Å². The minimum absolute atomic E-state index is 0.501. The summed E-state index contributed by atoms with van der Waals surface area (Å²) in [4.78, 5) is 13.2. The summed E-state index contributed by atoms with van der Waals surface area (Å²) < 4.78 is 0. The van der Waals surface area contributed by atoms with Crippen LogP contribution in [0.5, 0.6) is 0 Å². The molecule has 142 valence electrons. The molecule has 3 N–H and O–H groups in total. The molecular formula is C24H24N2O2. The highest BCUT2D eigenvalue weighted by molar-refractivity contribution is 5.90. The summed E-state index contributed by atoms with van der Waals surface area (Å²) in [5.41, 5.74) is 6.60. The first-order valence-electron chi connectivity index (χ1n) is 9.31. The van der Waals surface area contributed by atoms with E-state index in [0.29, 0.717) is 11.1 Å². The largest absolute Gasteiger partial charge is 0.372 e. The molecule has 0 aliphatic rings. The number of carbonyl (C=O) groups excluding carboxylic acids is 1. The lowest BCUT2D eigenvalue weighted by Gasteiger charge is -2.28. The Balaban J connectivity index is 1.89. The van der Waals surface area contributed by atoms with E-state index in [9.17, 15) is 9.90 Å². The van der Waals surface area contributed by atoms with E-state index in [2.05, 4.69) is 10.9 Å². The Morgan fingerprint density at radius 1 is 0.821 bits per heavy atom. The first-order chi connectivity index (χ1) is 13.7. The minimum Gasteiger partial charge on any atom is -0.372 e. The lowest BCUT2D eigenvalue weighted by atomic mass is 9.85. The predicted molar refractivity (Wildman–Crippen MR) is 112 cm³/mol. The average molecular weight is 372 g/mol. The molecule has 4 nitrogen and oxygen atoms in total. The van der Waals surface area contributed by atoms with Crippen LogP contribution in [0.25, 0.3) is 5.70 Å². The molecule has 0 atom stereocenters. The third kappa shape index (κ3) is 4.13. The molecule has 0 aromatic heterocycles. The van der Waals surface area contributed by atoms with Crippen LogP contribution in [0.4, 0.5) is 0 Å². The van der Waals surface area contributed by atoms with Crippen LogP contribution in [-0.4, -0.2) is 11.0 Å². The van der Waals surface area contributed by atoms with Crippen LogP contribution in [0, 0.1) is 0 Å². The standard InChI is InChI=1S/C24H24N2O2/c1-2-12-22(19-13-6-3-7-14-19)25-26-23(27)24(28,20-15-8-4-9-16-20)21-17-10-5-11-18-21/h3-18,25,28H,2H2,1H3,(H,26,27)/b22-12-. The van der Waals surface area contributed by atoms with Crippen LogP contribution < -0.4 is 10.9 Å². The molecule has 0 saturated carbocycles. The van der Waals surface area contributed by atoms with Crippen molar-refractivity contribution in [3.63, 3.8) is 0 Å². The second-order valence-electron chi connectivity index (χ2n) is 6.41. The fraction of sp³-hybridized carbons (Fsp3) is 0.125. The first-order valence-corrected chi connectivity index (χ1v) is 9.31. The van der Waals surface area contributed by atoms with E-state index in [1.807, 2.05) is 55.5 Å². The van der Waals surface area contributed by atoms with E-state index in [-0.39, 0.29) is 0 Å². The van der Waals surface area contributed by atoms with Gasteiger partial charge in [0.25, 0.3) is 5.91 Å². The zero-order chi connectivity index (χ0) is 19.8. The highest BCUT2D eigenvalue weighted by Crippen LogP contribution is 2.29. The van der Waals surface area contributed by atoms with Crippen molar-refractivity contribution in [1.29, 1.82) is 0 Å². The van der Waals surface area contributed by atoms with Gasteiger partial charge in [0.2, 0.25) is 0 Å². The molecule has 3 aromatic carbocycles. The SMILES string of the molecule is CC/C=C(\NNC(=O)C(O)(c1ccccc1)c1ccccc1)c1ccccc1. The zero-order valence-corrected chi connectivity index (χ0v) is 15.8. The van der Waals surface area contributed by atoms with Gasteiger partial charge >= 0.3 is 0 Å². The highest BCUT2D eigenvalue weighted by Gasteiger charge is 2.40. The zero-order valence-electron chi connectivity index (χ0n) is 15.8. The van der Waals surface area contributed by atoms with Crippen LogP contribution in [0.3, 0.4) is 0 Å². The van der Waals surface area contributed by atoms with Crippen molar-refractivity contribution in [2.24, 2.45) is 0 Å². The predicted octanol–water partition coefficient (Wildman–Crippen LogP) is 3.99. The summed E-state index contributed by atoms with van der Waals surface area (Å²) >= 11 is 0. The van der Waals surface area contributed by atoms with Crippen LogP contribution >= 0.6 is 0 Å². The number of hydrogen-bond donors (Lipinski definition) is 3. The summed E-state index contributed by atoms with van der Waals surface area (Å²) in [7, 11) is 0. The van der Waals surface area contributed by atoms with Gasteiger partial charge in [-0.1, -0.05) is 104 Å². The van der Waals surface area contributed by atoms with Crippen molar-refractivity contribution in [3.05, 3.63) is 114 Å². The maximum Gasteiger partial charge on any atom is 0.279 e. The number of rotatable bonds is 7. The molecule has 28 heavy (non-hydrogen) atoms. The van der Waals surface area contributed by atoms with Crippen LogP contribution in [0.15, 0.2) is 97.1 Å². The van der Waals surface area contributed by atoms with Crippen molar-refractivity contribution in [3.8, 4) is 0 Å². The van der Waals surface area contributed by atoms with Gasteiger partial charge in [0.15, 0.2) is 5.60 Å². The molecule has 0 saturated heterocycles. The van der Waals surface area contributed by atoms with Gasteiger partial charge in [-0.15, -0.1) is 0 Å². The Hall–Kier alpha value is -3.37. The Bertz CT molecular complexity index is 883. The Morgan fingerprint density at radius 3 is 1.75 bits per heavy atom. The van der Waals surface area contributed by atoms with Gasteiger partial charge in [0, 0.05) is 0 Å². The molecule has 0 spiro atoms. The molecule has 0 unspecified atom stereocenters. The quantitative estimate of drug-likeness (QED) is 0.550. The summed E-state index contributed by atoms with van der Waals surface area (Å²) in [5.74, 6) is -0.553. The van der Waals surface area contributed by atoms with Crippen molar-refractivity contribution in [1.82, 2.24) is 10.9 Å². The topological polar surface area (TPSA) is 61.4 Å². The lowest BCUT2D eigenvalue weighted by Crippen LogP contribution is -2.50. The summed E-state index contributed by atoms with van der Waals surface area (Å²) in [5, 5.41) is 11.5. The normalized spacial score (nSPS) is 11.7. The number of hydrogen-bond acceptors (Lipinski definition) is 3. The number of nitrogens with one attached hydrogen (secondary N) is 2. The van der Waals surface area contributed by atoms with Gasteiger partial charge in [-0.3, -0.25) is 15.6 Å². The monoisotopic (exact) mass is 372 g/mol. The fourth-order valence-corrected chi connectivity index (χ4v) is 3.07. The fourth-order valence-electron chi connectivity index (χ4n) is 3.07. The number of allylic oxidation sites excluding steroid dienone is 1. The number of amides is 1.